The molecule has 0 saturated carbocycles. The van der Waals surface area contributed by atoms with Gasteiger partial charge < -0.3 is 0 Å². The fraction of sp³-hybridized carbons (Fsp3) is 1.00. The van der Waals surface area contributed by atoms with E-state index in [2.05, 4.69) is 0 Å². The number of hydrogen-bond donors (Lipinski definition) is 0. The summed E-state index contributed by atoms with van der Waals surface area (Å²) in [6.07, 6.45) is 0. The molecule has 0 aromatic heterocycles. The van der Waals surface area contributed by atoms with Crippen LogP contribution in [-0.4, -0.2) is 35.1 Å². The third-order valence-corrected chi connectivity index (χ3v) is 18.2. The molecule has 0 bridgehead atoms. The molecule has 0 saturated heterocycles. The van der Waals surface area contributed by atoms with Crippen LogP contribution < -0.4 is 0 Å². The van der Waals surface area contributed by atoms with Gasteiger partial charge in [-0.15, -0.1) is 0 Å². The van der Waals surface area contributed by atoms with Crippen LogP contribution in [0.2, 0.25) is 11.4 Å². The summed E-state index contributed by atoms with van der Waals surface area (Å²) in [7, 11) is 0. The van der Waals surface area contributed by atoms with Gasteiger partial charge in [0, 0.05) is 0 Å². The summed E-state index contributed by atoms with van der Waals surface area (Å²) >= 11 is -7.32. The van der Waals surface area contributed by atoms with Crippen LogP contribution in [0.15, 0.2) is 0 Å². The average molecular weight is 318 g/mol. The van der Waals surface area contributed by atoms with Gasteiger partial charge in [-0.25, -0.2) is 0 Å². The van der Waals surface area contributed by atoms with Gasteiger partial charge in [-0.3, -0.25) is 0 Å². The molecule has 0 heterocycles. The van der Waals surface area contributed by atoms with Crippen molar-refractivity contribution >= 4 is 25.2 Å². The first kappa shape index (κ1) is 12.7. The van der Waals surface area contributed by atoms with Gasteiger partial charge in [0.15, 0.2) is 0 Å². The van der Waals surface area contributed by atoms with Gasteiger partial charge >= 0.3 is 72.9 Å². The predicted octanol–water partition coefficient (Wildman–Crippen LogP) is 2.52. The van der Waals surface area contributed by atoms with Gasteiger partial charge in [-0.1, -0.05) is 0 Å². The molecular formula is C4H6As2F6. The Balaban J connectivity index is 4.70. The second kappa shape index (κ2) is 3.83. The quantitative estimate of drug-likeness (QED) is 0.515. The molecule has 0 aromatic rings. The van der Waals surface area contributed by atoms with E-state index in [0.717, 1.165) is 11.4 Å². The molecule has 0 unspecified atom stereocenters. The zero-order valence-corrected chi connectivity index (χ0v) is 9.92. The van der Waals surface area contributed by atoms with Crippen molar-refractivity contribution in [1.29, 1.82) is 0 Å². The number of halogens is 6. The van der Waals surface area contributed by atoms with Gasteiger partial charge in [0.05, 0.1) is 0 Å². The van der Waals surface area contributed by atoms with Crippen molar-refractivity contribution in [3.8, 4) is 0 Å². The van der Waals surface area contributed by atoms with E-state index in [9.17, 15) is 26.3 Å². The Kier molecular flexibility index (Phi) is 4.05. The molecule has 0 aliphatic carbocycles. The minimum absolute atomic E-state index is 1.11. The maximum absolute atomic E-state index is 11.8. The van der Waals surface area contributed by atoms with Crippen molar-refractivity contribution in [3.05, 3.63) is 0 Å². The van der Waals surface area contributed by atoms with E-state index >= 15 is 0 Å². The van der Waals surface area contributed by atoms with Crippen LogP contribution in [0.25, 0.3) is 0 Å². The molecule has 12 heavy (non-hydrogen) atoms. The second-order valence-electron chi connectivity index (χ2n) is 2.09. The number of alkyl halides is 6. The van der Waals surface area contributed by atoms with E-state index in [0.29, 0.717) is 0 Å². The van der Waals surface area contributed by atoms with Crippen LogP contribution in [0.5, 0.6) is 0 Å². The molecule has 0 nitrogen and oxygen atoms in total. The SMILES string of the molecule is C[As](C)[As](C(F)(F)F)C(F)(F)F. The number of rotatable bonds is 1. The molecule has 74 valence electrons. The van der Waals surface area contributed by atoms with Gasteiger partial charge in [-0.05, 0) is 0 Å². The van der Waals surface area contributed by atoms with Gasteiger partial charge in [0.1, 0.15) is 0 Å². The Hall–Kier alpha value is 0.697. The third kappa shape index (κ3) is 3.61. The molecule has 0 fully saturated rings. The summed E-state index contributed by atoms with van der Waals surface area (Å²) < 4.78 is 71.1. The summed E-state index contributed by atoms with van der Waals surface area (Å²) in [5.41, 5.74) is 2.21. The van der Waals surface area contributed by atoms with Gasteiger partial charge in [0.25, 0.3) is 0 Å². The van der Waals surface area contributed by atoms with Crippen LogP contribution in [0.4, 0.5) is 26.3 Å². The summed E-state index contributed by atoms with van der Waals surface area (Å²) in [6.45, 7) is 0. The third-order valence-electron chi connectivity index (χ3n) is 0.880. The van der Waals surface area contributed by atoms with E-state index in [1.54, 1.807) is 0 Å². The standard InChI is InChI=1S/C4H6As2F6/c1-5(2)6(3(7,8)9)4(10,11)12/h1-2H3. The minimum atomic E-state index is -4.99. The number of hydrogen-bond acceptors (Lipinski definition) is 0. The monoisotopic (exact) mass is 318 g/mol. The molecule has 0 aliphatic heterocycles. The summed E-state index contributed by atoms with van der Waals surface area (Å²) in [5, 5.41) is 0. The van der Waals surface area contributed by atoms with Gasteiger partial charge in [0.2, 0.25) is 0 Å². The summed E-state index contributed by atoms with van der Waals surface area (Å²) in [6, 6.07) is 0. The predicted molar refractivity (Wildman–Crippen MR) is 35.3 cm³/mol. The average Bonchev–Trinajstić information content (AvgIpc) is 1.49. The normalized spacial score (nSPS) is 14.5. The Morgan fingerprint density at radius 1 is 0.750 bits per heavy atom. The molecule has 0 rings (SSSR count). The van der Waals surface area contributed by atoms with Crippen molar-refractivity contribution in [3.63, 3.8) is 0 Å². The topological polar surface area (TPSA) is 0 Å². The molecule has 0 spiro atoms. The Bertz CT molecular complexity index is 133. The van der Waals surface area contributed by atoms with Crippen molar-refractivity contribution in [2.24, 2.45) is 0 Å². The van der Waals surface area contributed by atoms with Crippen molar-refractivity contribution in [2.75, 3.05) is 0 Å². The van der Waals surface area contributed by atoms with E-state index in [1.807, 2.05) is 0 Å². The van der Waals surface area contributed by atoms with Crippen molar-refractivity contribution in [1.82, 2.24) is 0 Å². The van der Waals surface area contributed by atoms with Crippen molar-refractivity contribution < 1.29 is 26.3 Å². The fourth-order valence-corrected chi connectivity index (χ4v) is 13.0. The van der Waals surface area contributed by atoms with Crippen molar-refractivity contribution in [2.45, 2.75) is 21.4 Å². The first-order chi connectivity index (χ1) is 5.07. The van der Waals surface area contributed by atoms with E-state index in [-0.39, 0.29) is 0 Å². The molecule has 0 radical (unpaired) electrons. The molecule has 0 amide bonds. The van der Waals surface area contributed by atoms with E-state index in [1.165, 1.54) is 0 Å². The van der Waals surface area contributed by atoms with Crippen LogP contribution in [0.3, 0.4) is 0 Å². The fourth-order valence-electron chi connectivity index (χ4n) is 0.597. The van der Waals surface area contributed by atoms with Crippen LogP contribution in [0.1, 0.15) is 0 Å². The van der Waals surface area contributed by atoms with E-state index < -0.39 is 35.1 Å². The molecule has 0 atom stereocenters. The Morgan fingerprint density at radius 3 is 1.00 bits per heavy atom. The molecule has 0 N–H and O–H groups in total. The molecule has 8 heteroatoms. The Labute approximate surface area is 73.1 Å². The zero-order valence-electron chi connectivity index (χ0n) is 6.16. The maximum atomic E-state index is 11.8. The van der Waals surface area contributed by atoms with E-state index in [4.69, 9.17) is 0 Å². The summed E-state index contributed by atoms with van der Waals surface area (Å²) in [4.78, 5) is -9.98. The molecule has 0 aliphatic rings. The zero-order chi connectivity index (χ0) is 10.2. The second-order valence-corrected chi connectivity index (χ2v) is 22.2. The molecular weight excluding hydrogens is 312 g/mol. The van der Waals surface area contributed by atoms with Gasteiger partial charge in [-0.2, -0.15) is 0 Å². The van der Waals surface area contributed by atoms with Crippen LogP contribution in [-0.2, 0) is 0 Å². The van der Waals surface area contributed by atoms with Crippen LogP contribution >= 0.6 is 0 Å². The summed E-state index contributed by atoms with van der Waals surface area (Å²) in [5.74, 6) is 0. The van der Waals surface area contributed by atoms with Crippen LogP contribution in [0, 0.1) is 0 Å². The first-order valence-corrected chi connectivity index (χ1v) is 13.5. The molecule has 0 aromatic carbocycles. The first-order valence-electron chi connectivity index (χ1n) is 2.68. The Morgan fingerprint density at radius 2 is 1.00 bits per heavy atom.